The van der Waals surface area contributed by atoms with Gasteiger partial charge in [0, 0.05) is 26.2 Å². The first kappa shape index (κ1) is 19.9. The monoisotopic (exact) mass is 392 g/mol. The molecule has 4 aliphatic rings. The van der Waals surface area contributed by atoms with Crippen molar-refractivity contribution < 1.29 is 30.3 Å². The van der Waals surface area contributed by atoms with Crippen LogP contribution in [0.1, 0.15) is 12.5 Å². The Hall–Kier alpha value is -1.39. The Balaban J connectivity index is 1.64. The second-order valence-electron chi connectivity index (χ2n) is 8.78. The summed E-state index contributed by atoms with van der Waals surface area (Å²) in [6, 6.07) is 9.65. The van der Waals surface area contributed by atoms with Crippen LogP contribution >= 0.6 is 0 Å². The van der Waals surface area contributed by atoms with Crippen LogP contribution in [0.25, 0.3) is 0 Å². The fraction of sp³-hybridized carbons (Fsp3) is 0.650. The minimum atomic E-state index is -1.67. The molecule has 2 unspecified atom stereocenters. The highest BCUT2D eigenvalue weighted by Gasteiger charge is 2.65. The molecule has 154 valence electrons. The van der Waals surface area contributed by atoms with E-state index in [1.807, 2.05) is 47.1 Å². The molecule has 5 N–H and O–H groups in total. The number of piperidine rings is 2. The van der Waals surface area contributed by atoms with E-state index in [1.165, 1.54) is 0 Å². The van der Waals surface area contributed by atoms with Crippen molar-refractivity contribution in [1.82, 2.24) is 9.80 Å². The predicted molar refractivity (Wildman–Crippen MR) is 99.3 cm³/mol. The molecule has 0 aliphatic carbocycles. The van der Waals surface area contributed by atoms with Gasteiger partial charge < -0.3 is 25.5 Å². The summed E-state index contributed by atoms with van der Waals surface area (Å²) in [5.74, 6) is 0.211. The molecule has 0 aromatic heterocycles. The number of rotatable bonds is 6. The summed E-state index contributed by atoms with van der Waals surface area (Å²) in [5.41, 5.74) is -0.307. The van der Waals surface area contributed by atoms with Crippen LogP contribution in [0.5, 0.6) is 0 Å². The molecule has 0 spiro atoms. The lowest BCUT2D eigenvalue weighted by atomic mass is 9.58. The average molecular weight is 392 g/mol. The zero-order valence-electron chi connectivity index (χ0n) is 15.8. The minimum absolute atomic E-state index is 0.211. The smallest absolute Gasteiger partial charge is 0.154 e. The van der Waals surface area contributed by atoms with Gasteiger partial charge in [0.1, 0.15) is 24.4 Å². The Bertz CT molecular complexity index is 727. The van der Waals surface area contributed by atoms with E-state index in [0.717, 1.165) is 5.56 Å². The van der Waals surface area contributed by atoms with Crippen molar-refractivity contribution in [2.75, 3.05) is 32.8 Å². The minimum Gasteiger partial charge on any atom is -0.394 e. The zero-order chi connectivity index (χ0) is 20.3. The maximum atomic E-state index is 13.4. The maximum absolute atomic E-state index is 13.4. The Labute approximate surface area is 163 Å². The van der Waals surface area contributed by atoms with Gasteiger partial charge in [-0.15, -0.1) is 0 Å². The molecule has 4 bridgehead atoms. The molecule has 8 heteroatoms. The van der Waals surface area contributed by atoms with Gasteiger partial charge in [0.15, 0.2) is 5.78 Å². The number of aliphatic hydroxyl groups is 5. The Morgan fingerprint density at radius 1 is 1.00 bits per heavy atom. The topological polar surface area (TPSA) is 125 Å². The van der Waals surface area contributed by atoms with E-state index >= 15 is 0 Å². The first-order valence-corrected chi connectivity index (χ1v) is 9.65. The molecule has 1 aromatic carbocycles. The third kappa shape index (κ3) is 2.75. The fourth-order valence-corrected chi connectivity index (χ4v) is 5.49. The molecule has 4 heterocycles. The average Bonchev–Trinajstić information content (AvgIpc) is 2.69. The lowest BCUT2D eigenvalue weighted by Crippen LogP contribution is -2.82. The van der Waals surface area contributed by atoms with Gasteiger partial charge in [0.25, 0.3) is 0 Å². The SMILES string of the molecule is CC12CN3CC(c4ccccc4)(CN(C1)C3[C@H](O)[C@H](O)[C@H](O)[C@@H](O)CO)C2=O. The van der Waals surface area contributed by atoms with Gasteiger partial charge in [0.05, 0.1) is 23.6 Å². The van der Waals surface area contributed by atoms with E-state index in [1.54, 1.807) is 0 Å². The van der Waals surface area contributed by atoms with Crippen LogP contribution in [0.15, 0.2) is 30.3 Å². The van der Waals surface area contributed by atoms with Gasteiger partial charge in [-0.1, -0.05) is 37.3 Å². The van der Waals surface area contributed by atoms with Crippen molar-refractivity contribution in [2.24, 2.45) is 5.41 Å². The summed E-state index contributed by atoms with van der Waals surface area (Å²) in [7, 11) is 0. The highest BCUT2D eigenvalue weighted by Crippen LogP contribution is 2.50. The predicted octanol–water partition coefficient (Wildman–Crippen LogP) is -2.09. The summed E-state index contributed by atoms with van der Waals surface area (Å²) in [5, 5.41) is 49.8. The highest BCUT2D eigenvalue weighted by molar-refractivity contribution is 5.97. The molecule has 0 amide bonds. The van der Waals surface area contributed by atoms with E-state index in [-0.39, 0.29) is 5.78 Å². The van der Waals surface area contributed by atoms with E-state index < -0.39 is 48.0 Å². The quantitative estimate of drug-likeness (QED) is 0.373. The lowest BCUT2D eigenvalue weighted by molar-refractivity contribution is -0.219. The van der Waals surface area contributed by atoms with Crippen molar-refractivity contribution in [3.8, 4) is 0 Å². The molecule has 6 atom stereocenters. The molecule has 1 aromatic rings. The number of hydrogen-bond donors (Lipinski definition) is 5. The molecule has 4 saturated heterocycles. The number of ketones is 1. The highest BCUT2D eigenvalue weighted by atomic mass is 16.4. The van der Waals surface area contributed by atoms with Crippen LogP contribution in [0.2, 0.25) is 0 Å². The number of aliphatic hydroxyl groups excluding tert-OH is 5. The Morgan fingerprint density at radius 2 is 1.57 bits per heavy atom. The second-order valence-corrected chi connectivity index (χ2v) is 8.78. The van der Waals surface area contributed by atoms with Crippen LogP contribution in [0, 0.1) is 5.41 Å². The first-order chi connectivity index (χ1) is 13.2. The summed E-state index contributed by atoms with van der Waals surface area (Å²) in [6.45, 7) is 3.00. The number of nitrogens with zero attached hydrogens (tertiary/aromatic N) is 2. The fourth-order valence-electron chi connectivity index (χ4n) is 5.49. The Morgan fingerprint density at radius 3 is 2.11 bits per heavy atom. The molecule has 4 fully saturated rings. The van der Waals surface area contributed by atoms with Crippen molar-refractivity contribution in [1.29, 1.82) is 0 Å². The first-order valence-electron chi connectivity index (χ1n) is 9.65. The summed E-state index contributed by atoms with van der Waals surface area (Å²) >= 11 is 0. The maximum Gasteiger partial charge on any atom is 0.154 e. The molecule has 8 nitrogen and oxygen atoms in total. The summed E-state index contributed by atoms with van der Waals surface area (Å²) < 4.78 is 0. The molecule has 0 saturated carbocycles. The number of carbonyl (C=O) groups is 1. The molecule has 0 radical (unpaired) electrons. The number of Topliss-reactive ketones (excluding diaryl/α,β-unsaturated/α-hetero) is 1. The van der Waals surface area contributed by atoms with Crippen molar-refractivity contribution >= 4 is 5.78 Å². The summed E-state index contributed by atoms with van der Waals surface area (Å²) in [6.07, 6.45) is -6.77. The molecule has 28 heavy (non-hydrogen) atoms. The van der Waals surface area contributed by atoms with Gasteiger partial charge in [-0.2, -0.15) is 0 Å². The van der Waals surface area contributed by atoms with Crippen molar-refractivity contribution in [3.05, 3.63) is 35.9 Å². The zero-order valence-corrected chi connectivity index (χ0v) is 15.8. The third-order valence-electron chi connectivity index (χ3n) is 6.69. The molecular weight excluding hydrogens is 364 g/mol. The molecule has 5 rings (SSSR count). The van der Waals surface area contributed by atoms with Crippen LogP contribution in [0.3, 0.4) is 0 Å². The standard InChI is InChI=1S/C20H28N2O6/c1-19-8-21-10-20(18(19)28,12-5-3-2-4-6-12)11-22(9-19)17(21)16(27)15(26)14(25)13(24)7-23/h2-6,13-17,23-27H,7-11H2,1H3/t13-,14+,15+,16+,17?,19?,20?/m0/s1. The van der Waals surface area contributed by atoms with Crippen molar-refractivity contribution in [2.45, 2.75) is 42.9 Å². The van der Waals surface area contributed by atoms with E-state index in [2.05, 4.69) is 0 Å². The van der Waals surface area contributed by atoms with Crippen LogP contribution < -0.4 is 0 Å². The number of carbonyl (C=O) groups excluding carboxylic acids is 1. The summed E-state index contributed by atoms with van der Waals surface area (Å²) in [4.78, 5) is 17.4. The number of hydrogen-bond acceptors (Lipinski definition) is 8. The van der Waals surface area contributed by atoms with Crippen LogP contribution in [0.4, 0.5) is 0 Å². The largest absolute Gasteiger partial charge is 0.394 e. The van der Waals surface area contributed by atoms with Crippen LogP contribution in [-0.4, -0.2) is 104 Å². The molecular formula is C20H28N2O6. The normalized spacial score (nSPS) is 40.9. The lowest BCUT2D eigenvalue weighted by Gasteiger charge is -2.66. The number of benzene rings is 1. The van der Waals surface area contributed by atoms with Gasteiger partial charge in [-0.05, 0) is 5.56 Å². The second kappa shape index (κ2) is 6.84. The van der Waals surface area contributed by atoms with Crippen LogP contribution in [-0.2, 0) is 10.2 Å². The van der Waals surface area contributed by atoms with E-state index in [4.69, 9.17) is 5.11 Å². The van der Waals surface area contributed by atoms with E-state index in [9.17, 15) is 25.2 Å². The Kier molecular flexibility index (Phi) is 4.86. The van der Waals surface area contributed by atoms with Gasteiger partial charge in [-0.25, -0.2) is 0 Å². The van der Waals surface area contributed by atoms with Gasteiger partial charge >= 0.3 is 0 Å². The van der Waals surface area contributed by atoms with Crippen molar-refractivity contribution in [3.63, 3.8) is 0 Å². The van der Waals surface area contributed by atoms with Gasteiger partial charge in [-0.3, -0.25) is 14.6 Å². The van der Waals surface area contributed by atoms with Gasteiger partial charge in [0.2, 0.25) is 0 Å². The van der Waals surface area contributed by atoms with E-state index in [0.29, 0.717) is 26.2 Å². The molecule has 4 aliphatic heterocycles. The third-order valence-corrected chi connectivity index (χ3v) is 6.69.